The lowest BCUT2D eigenvalue weighted by molar-refractivity contribution is -0.143. The highest BCUT2D eigenvalue weighted by atomic mass is 31.0. The summed E-state index contributed by atoms with van der Waals surface area (Å²) >= 11 is 0. The molecule has 1 heterocycles. The van der Waals surface area contributed by atoms with E-state index in [0.29, 0.717) is 19.1 Å². The zero-order valence-corrected chi connectivity index (χ0v) is 19.7. The van der Waals surface area contributed by atoms with E-state index in [9.17, 15) is 4.79 Å². The van der Waals surface area contributed by atoms with Crippen LogP contribution >= 0.6 is 9.24 Å². The minimum absolute atomic E-state index is 0.0338. The fraction of sp³-hybridized carbons (Fsp3) is 0.750. The first-order valence-electron chi connectivity index (χ1n) is 11.8. The van der Waals surface area contributed by atoms with Gasteiger partial charge >= 0.3 is 5.97 Å². The van der Waals surface area contributed by atoms with Crippen LogP contribution in [-0.2, 0) is 9.53 Å². The zero-order valence-electron chi connectivity index (χ0n) is 18.6. The van der Waals surface area contributed by atoms with Crippen molar-refractivity contribution in [2.75, 3.05) is 12.8 Å². The highest BCUT2D eigenvalue weighted by Crippen LogP contribution is 2.21. The molecule has 1 rings (SSSR count). The Morgan fingerprint density at radius 2 is 1.86 bits per heavy atom. The number of aromatic nitrogens is 2. The molecule has 0 amide bonds. The smallest absolute Gasteiger partial charge is 0.305 e. The van der Waals surface area contributed by atoms with Gasteiger partial charge < -0.3 is 9.30 Å². The molecule has 0 aromatic carbocycles. The SMILES string of the molecule is CCCCCC[C@@H](C/C=C\CCCCCCCC(=O)OCCCP)n1ccnc1. The number of nitrogens with zero attached hydrogens (tertiary/aromatic N) is 2. The van der Waals surface area contributed by atoms with Crippen molar-refractivity contribution in [3.8, 4) is 0 Å². The van der Waals surface area contributed by atoms with Crippen LogP contribution < -0.4 is 0 Å². The molecule has 0 saturated heterocycles. The molecule has 29 heavy (non-hydrogen) atoms. The summed E-state index contributed by atoms with van der Waals surface area (Å²) in [7, 11) is 2.65. The average Bonchev–Trinajstić information content (AvgIpc) is 3.25. The van der Waals surface area contributed by atoms with Crippen LogP contribution in [0.3, 0.4) is 0 Å². The molecule has 0 aliphatic rings. The molecule has 0 fully saturated rings. The normalized spacial score (nSPS) is 12.5. The molecule has 0 saturated carbocycles. The number of allylic oxidation sites excluding steroid dienone is 2. The third-order valence-corrected chi connectivity index (χ3v) is 5.68. The van der Waals surface area contributed by atoms with Crippen LogP contribution in [-0.4, -0.2) is 28.3 Å². The summed E-state index contributed by atoms with van der Waals surface area (Å²) < 4.78 is 7.44. The Morgan fingerprint density at radius 3 is 2.62 bits per heavy atom. The average molecular weight is 423 g/mol. The fourth-order valence-corrected chi connectivity index (χ4v) is 3.62. The van der Waals surface area contributed by atoms with Gasteiger partial charge in [0.25, 0.3) is 0 Å². The van der Waals surface area contributed by atoms with Gasteiger partial charge in [-0.05, 0) is 44.7 Å². The number of esters is 1. The maximum absolute atomic E-state index is 11.5. The van der Waals surface area contributed by atoms with Crippen LogP contribution in [0.25, 0.3) is 0 Å². The first-order chi connectivity index (χ1) is 14.3. The molecule has 0 aliphatic carbocycles. The molecule has 1 unspecified atom stereocenters. The molecule has 5 heteroatoms. The van der Waals surface area contributed by atoms with E-state index in [1.54, 1.807) is 0 Å². The molecule has 0 radical (unpaired) electrons. The topological polar surface area (TPSA) is 44.1 Å². The Kier molecular flexibility index (Phi) is 16.8. The van der Waals surface area contributed by atoms with Crippen LogP contribution in [0.4, 0.5) is 0 Å². The summed E-state index contributed by atoms with van der Waals surface area (Å²) in [5, 5.41) is 0. The monoisotopic (exact) mass is 422 g/mol. The maximum Gasteiger partial charge on any atom is 0.305 e. The molecule has 0 N–H and O–H groups in total. The predicted molar refractivity (Wildman–Crippen MR) is 126 cm³/mol. The Hall–Kier alpha value is -1.15. The van der Waals surface area contributed by atoms with Crippen molar-refractivity contribution >= 4 is 15.2 Å². The standard InChI is InChI=1S/C24H43N2O2P/c1-2-3-4-11-15-23(26-19-18-25-22-26)16-12-9-7-5-6-8-10-13-17-24(27)28-20-14-21-29/h9,12,18-19,22-23H,2-8,10-11,13-17,20-21,29H2,1H3/b12-9-/t23-/m0/s1. The number of hydrogen-bond acceptors (Lipinski definition) is 3. The molecule has 166 valence electrons. The molecular formula is C24H43N2O2P. The van der Waals surface area contributed by atoms with E-state index in [0.717, 1.165) is 38.3 Å². The van der Waals surface area contributed by atoms with Crippen molar-refractivity contribution in [3.63, 3.8) is 0 Å². The molecule has 1 aromatic heterocycles. The third-order valence-electron chi connectivity index (χ3n) is 5.28. The number of hydrogen-bond donors (Lipinski definition) is 0. The lowest BCUT2D eigenvalue weighted by atomic mass is 10.0. The van der Waals surface area contributed by atoms with E-state index in [2.05, 4.69) is 44.1 Å². The number of imidazole rings is 1. The van der Waals surface area contributed by atoms with Crippen LogP contribution in [0, 0.1) is 0 Å². The first kappa shape index (κ1) is 25.9. The van der Waals surface area contributed by atoms with Gasteiger partial charge in [0, 0.05) is 24.9 Å². The Morgan fingerprint density at radius 1 is 1.07 bits per heavy atom. The summed E-state index contributed by atoms with van der Waals surface area (Å²) in [5.74, 6) is -0.0338. The van der Waals surface area contributed by atoms with Gasteiger partial charge in [-0.1, -0.05) is 64.0 Å². The maximum atomic E-state index is 11.5. The lowest BCUT2D eigenvalue weighted by Crippen LogP contribution is -2.06. The van der Waals surface area contributed by atoms with E-state index in [1.165, 1.54) is 51.4 Å². The Balaban J connectivity index is 2.05. The van der Waals surface area contributed by atoms with Crippen molar-refractivity contribution in [1.29, 1.82) is 0 Å². The second-order valence-electron chi connectivity index (χ2n) is 7.89. The van der Waals surface area contributed by atoms with Crippen molar-refractivity contribution in [2.45, 2.75) is 103 Å². The fourth-order valence-electron chi connectivity index (χ4n) is 3.46. The molecule has 0 aliphatic heterocycles. The van der Waals surface area contributed by atoms with Crippen molar-refractivity contribution in [2.24, 2.45) is 0 Å². The number of rotatable bonds is 19. The molecule has 1 aromatic rings. The van der Waals surface area contributed by atoms with Crippen LogP contribution in [0.2, 0.25) is 0 Å². The second-order valence-corrected chi connectivity index (χ2v) is 8.47. The van der Waals surface area contributed by atoms with Crippen molar-refractivity contribution < 1.29 is 9.53 Å². The van der Waals surface area contributed by atoms with Gasteiger partial charge in [0.15, 0.2) is 0 Å². The highest BCUT2D eigenvalue weighted by molar-refractivity contribution is 7.16. The van der Waals surface area contributed by atoms with Gasteiger partial charge in [-0.25, -0.2) is 4.98 Å². The summed E-state index contributed by atoms with van der Waals surface area (Å²) in [6, 6.07) is 0.543. The number of ether oxygens (including phenoxy) is 1. The van der Waals surface area contributed by atoms with Gasteiger partial charge in [0.2, 0.25) is 0 Å². The van der Waals surface area contributed by atoms with Crippen molar-refractivity contribution in [1.82, 2.24) is 9.55 Å². The van der Waals surface area contributed by atoms with E-state index in [4.69, 9.17) is 4.74 Å². The van der Waals surface area contributed by atoms with Gasteiger partial charge in [0.05, 0.1) is 12.9 Å². The lowest BCUT2D eigenvalue weighted by Gasteiger charge is -2.16. The Bertz CT molecular complexity index is 517. The molecule has 2 atom stereocenters. The molecule has 0 bridgehead atoms. The second kappa shape index (κ2) is 18.9. The Labute approximate surface area is 181 Å². The van der Waals surface area contributed by atoms with E-state index in [-0.39, 0.29) is 5.97 Å². The van der Waals surface area contributed by atoms with Crippen molar-refractivity contribution in [3.05, 3.63) is 30.9 Å². The first-order valence-corrected chi connectivity index (χ1v) is 12.6. The summed E-state index contributed by atoms with van der Waals surface area (Å²) in [6.45, 7) is 2.83. The summed E-state index contributed by atoms with van der Waals surface area (Å²) in [6.07, 6.45) is 27.7. The quantitative estimate of drug-likeness (QED) is 0.106. The minimum Gasteiger partial charge on any atom is -0.466 e. The number of unbranched alkanes of at least 4 members (excludes halogenated alkanes) is 8. The number of carbonyl (C=O) groups is 1. The summed E-state index contributed by atoms with van der Waals surface area (Å²) in [4.78, 5) is 15.7. The van der Waals surface area contributed by atoms with Gasteiger partial charge in [-0.3, -0.25) is 4.79 Å². The number of carbonyl (C=O) groups excluding carboxylic acids is 1. The van der Waals surface area contributed by atoms with E-state index < -0.39 is 0 Å². The predicted octanol–water partition coefficient (Wildman–Crippen LogP) is 6.88. The zero-order chi connectivity index (χ0) is 21.0. The van der Waals surface area contributed by atoms with Crippen LogP contribution in [0.5, 0.6) is 0 Å². The van der Waals surface area contributed by atoms with E-state index >= 15 is 0 Å². The van der Waals surface area contributed by atoms with Gasteiger partial charge in [0.1, 0.15) is 0 Å². The van der Waals surface area contributed by atoms with E-state index in [1.807, 2.05) is 12.5 Å². The molecule has 4 nitrogen and oxygen atoms in total. The molecule has 0 spiro atoms. The third kappa shape index (κ3) is 14.5. The largest absolute Gasteiger partial charge is 0.466 e. The summed E-state index contributed by atoms with van der Waals surface area (Å²) in [5.41, 5.74) is 0. The van der Waals surface area contributed by atoms with Gasteiger partial charge in [-0.15, -0.1) is 9.24 Å². The van der Waals surface area contributed by atoms with Gasteiger partial charge in [-0.2, -0.15) is 0 Å². The minimum atomic E-state index is -0.0338. The van der Waals surface area contributed by atoms with Crippen LogP contribution in [0.1, 0.15) is 103 Å². The highest BCUT2D eigenvalue weighted by Gasteiger charge is 2.08. The molecular weight excluding hydrogens is 379 g/mol. The van der Waals surface area contributed by atoms with Crippen LogP contribution in [0.15, 0.2) is 30.9 Å².